The molecule has 0 saturated carbocycles. The summed E-state index contributed by atoms with van der Waals surface area (Å²) < 4.78 is 37.3. The number of benzene rings is 1. The van der Waals surface area contributed by atoms with Gasteiger partial charge in [-0.15, -0.1) is 0 Å². The summed E-state index contributed by atoms with van der Waals surface area (Å²) in [5, 5.41) is 0. The summed E-state index contributed by atoms with van der Waals surface area (Å²) in [6.07, 6.45) is 0.938. The molecule has 21 heavy (non-hydrogen) atoms. The molecule has 1 aliphatic heterocycles. The number of carbonyl (C=O) groups is 1. The zero-order valence-corrected chi connectivity index (χ0v) is 10.9. The van der Waals surface area contributed by atoms with Gasteiger partial charge in [-0.25, -0.2) is 8.78 Å². The SMILES string of the molecule is O=C(c1ccc(C2OCCO2)cn1)c1cc(F)ccc1F. The number of aromatic nitrogens is 1. The average Bonchev–Trinajstić information content (AvgIpc) is 3.03. The first-order valence-electron chi connectivity index (χ1n) is 6.34. The van der Waals surface area contributed by atoms with Gasteiger partial charge in [0.15, 0.2) is 6.29 Å². The lowest BCUT2D eigenvalue weighted by atomic mass is 10.1. The van der Waals surface area contributed by atoms with Crippen LogP contribution in [0.2, 0.25) is 0 Å². The lowest BCUT2D eigenvalue weighted by Crippen LogP contribution is -2.08. The van der Waals surface area contributed by atoms with E-state index in [4.69, 9.17) is 9.47 Å². The van der Waals surface area contributed by atoms with Gasteiger partial charge in [0.05, 0.1) is 18.8 Å². The third-order valence-corrected chi connectivity index (χ3v) is 3.09. The smallest absolute Gasteiger partial charge is 0.214 e. The van der Waals surface area contributed by atoms with Crippen LogP contribution in [0.25, 0.3) is 0 Å². The highest BCUT2D eigenvalue weighted by molar-refractivity contribution is 6.07. The van der Waals surface area contributed by atoms with Crippen LogP contribution in [0.15, 0.2) is 36.5 Å². The molecule has 0 bridgehead atoms. The van der Waals surface area contributed by atoms with Gasteiger partial charge in [0, 0.05) is 11.8 Å². The number of ketones is 1. The molecule has 0 amide bonds. The lowest BCUT2D eigenvalue weighted by Gasteiger charge is -2.09. The number of halogens is 2. The molecule has 0 radical (unpaired) electrons. The fourth-order valence-electron chi connectivity index (χ4n) is 2.04. The van der Waals surface area contributed by atoms with Gasteiger partial charge in [-0.3, -0.25) is 9.78 Å². The van der Waals surface area contributed by atoms with Gasteiger partial charge in [0.1, 0.15) is 17.3 Å². The molecule has 1 aromatic heterocycles. The molecular weight excluding hydrogens is 280 g/mol. The summed E-state index contributed by atoms with van der Waals surface area (Å²) in [6, 6.07) is 5.78. The fourth-order valence-corrected chi connectivity index (χ4v) is 2.04. The van der Waals surface area contributed by atoms with Crippen molar-refractivity contribution < 1.29 is 23.0 Å². The van der Waals surface area contributed by atoms with Gasteiger partial charge in [-0.1, -0.05) is 6.07 Å². The van der Waals surface area contributed by atoms with E-state index in [0.29, 0.717) is 18.8 Å². The molecule has 2 heterocycles. The Labute approximate surface area is 119 Å². The van der Waals surface area contributed by atoms with Crippen molar-refractivity contribution in [2.75, 3.05) is 13.2 Å². The second kappa shape index (κ2) is 5.67. The molecule has 0 aliphatic carbocycles. The van der Waals surface area contributed by atoms with Gasteiger partial charge in [0.2, 0.25) is 5.78 Å². The van der Waals surface area contributed by atoms with Crippen LogP contribution in [0.3, 0.4) is 0 Å². The van der Waals surface area contributed by atoms with Crippen molar-refractivity contribution in [3.63, 3.8) is 0 Å². The van der Waals surface area contributed by atoms with E-state index >= 15 is 0 Å². The topological polar surface area (TPSA) is 48.4 Å². The molecule has 0 unspecified atom stereocenters. The average molecular weight is 291 g/mol. The van der Waals surface area contributed by atoms with Crippen LogP contribution in [-0.4, -0.2) is 24.0 Å². The Morgan fingerprint density at radius 3 is 2.57 bits per heavy atom. The highest BCUT2D eigenvalue weighted by Crippen LogP contribution is 2.23. The molecule has 4 nitrogen and oxygen atoms in total. The summed E-state index contributed by atoms with van der Waals surface area (Å²) in [5.74, 6) is -2.13. The van der Waals surface area contributed by atoms with Crippen LogP contribution in [0.5, 0.6) is 0 Å². The number of pyridine rings is 1. The lowest BCUT2D eigenvalue weighted by molar-refractivity contribution is -0.0443. The predicted octanol–water partition coefficient (Wildman–Crippen LogP) is 2.64. The van der Waals surface area contributed by atoms with E-state index < -0.39 is 23.7 Å². The monoisotopic (exact) mass is 291 g/mol. The van der Waals surface area contributed by atoms with E-state index in [-0.39, 0.29) is 11.3 Å². The number of nitrogens with zero attached hydrogens (tertiary/aromatic N) is 1. The first-order valence-corrected chi connectivity index (χ1v) is 6.34. The van der Waals surface area contributed by atoms with Crippen LogP contribution in [0, 0.1) is 11.6 Å². The molecule has 1 aliphatic rings. The van der Waals surface area contributed by atoms with Crippen molar-refractivity contribution in [2.24, 2.45) is 0 Å². The van der Waals surface area contributed by atoms with E-state index in [1.165, 1.54) is 12.3 Å². The van der Waals surface area contributed by atoms with Crippen LogP contribution in [0.4, 0.5) is 8.78 Å². The summed E-state index contributed by atoms with van der Waals surface area (Å²) in [4.78, 5) is 16.1. The highest BCUT2D eigenvalue weighted by Gasteiger charge is 2.20. The van der Waals surface area contributed by atoms with Gasteiger partial charge in [-0.05, 0) is 24.3 Å². The normalized spacial score (nSPS) is 15.3. The largest absolute Gasteiger partial charge is 0.346 e. The summed E-state index contributed by atoms with van der Waals surface area (Å²) in [5.41, 5.74) is 0.355. The molecule has 1 saturated heterocycles. The Morgan fingerprint density at radius 2 is 1.90 bits per heavy atom. The van der Waals surface area contributed by atoms with Crippen LogP contribution >= 0.6 is 0 Å². The third-order valence-electron chi connectivity index (χ3n) is 3.09. The number of hydrogen-bond acceptors (Lipinski definition) is 4. The maximum atomic E-state index is 13.6. The van der Waals surface area contributed by atoms with E-state index in [1.54, 1.807) is 6.07 Å². The van der Waals surface area contributed by atoms with Gasteiger partial charge >= 0.3 is 0 Å². The molecular formula is C15H11F2NO3. The maximum Gasteiger partial charge on any atom is 0.214 e. The molecule has 1 aromatic carbocycles. The van der Waals surface area contributed by atoms with Gasteiger partial charge in [0.25, 0.3) is 0 Å². The molecule has 0 spiro atoms. The minimum atomic E-state index is -0.783. The Kier molecular flexibility index (Phi) is 3.72. The summed E-state index contributed by atoms with van der Waals surface area (Å²) in [6.45, 7) is 1.000. The van der Waals surface area contributed by atoms with Crippen molar-refractivity contribution in [1.29, 1.82) is 0 Å². The minimum Gasteiger partial charge on any atom is -0.346 e. The Morgan fingerprint density at radius 1 is 1.14 bits per heavy atom. The van der Waals surface area contributed by atoms with Crippen LogP contribution in [0.1, 0.15) is 27.9 Å². The van der Waals surface area contributed by atoms with Crippen molar-refractivity contribution in [3.05, 3.63) is 65.0 Å². The van der Waals surface area contributed by atoms with E-state index in [9.17, 15) is 13.6 Å². The van der Waals surface area contributed by atoms with E-state index in [2.05, 4.69) is 4.98 Å². The molecule has 0 N–H and O–H groups in total. The highest BCUT2D eigenvalue weighted by atomic mass is 19.1. The first kappa shape index (κ1) is 13.8. The quantitative estimate of drug-likeness (QED) is 0.816. The Bertz CT molecular complexity index is 667. The second-order valence-corrected chi connectivity index (χ2v) is 4.50. The third kappa shape index (κ3) is 2.81. The zero-order chi connectivity index (χ0) is 14.8. The summed E-state index contributed by atoms with van der Waals surface area (Å²) >= 11 is 0. The molecule has 0 atom stereocenters. The summed E-state index contributed by atoms with van der Waals surface area (Å²) in [7, 11) is 0. The number of hydrogen-bond donors (Lipinski definition) is 0. The minimum absolute atomic E-state index is 0.0289. The molecule has 2 aromatic rings. The van der Waals surface area contributed by atoms with Crippen LogP contribution in [-0.2, 0) is 9.47 Å². The number of rotatable bonds is 3. The maximum absolute atomic E-state index is 13.6. The standard InChI is InChI=1S/C15H11F2NO3/c16-10-2-3-12(17)11(7-10)14(19)13-4-1-9(8-18-13)15-20-5-6-21-15/h1-4,7-8,15H,5-6H2. The first-order chi connectivity index (χ1) is 10.1. The van der Waals surface area contributed by atoms with Gasteiger partial charge in [-0.2, -0.15) is 0 Å². The zero-order valence-electron chi connectivity index (χ0n) is 10.9. The molecule has 3 rings (SSSR count). The van der Waals surface area contributed by atoms with Gasteiger partial charge < -0.3 is 9.47 Å². The molecule has 108 valence electrons. The van der Waals surface area contributed by atoms with E-state index in [1.807, 2.05) is 0 Å². The molecule has 6 heteroatoms. The molecule has 1 fully saturated rings. The van der Waals surface area contributed by atoms with Crippen molar-refractivity contribution in [1.82, 2.24) is 4.98 Å². The van der Waals surface area contributed by atoms with Crippen LogP contribution < -0.4 is 0 Å². The number of carbonyl (C=O) groups excluding carboxylic acids is 1. The Balaban J connectivity index is 1.86. The fraction of sp³-hybridized carbons (Fsp3) is 0.200. The number of ether oxygens (including phenoxy) is 2. The second-order valence-electron chi connectivity index (χ2n) is 4.50. The van der Waals surface area contributed by atoms with Crippen molar-refractivity contribution in [3.8, 4) is 0 Å². The predicted molar refractivity (Wildman–Crippen MR) is 68.7 cm³/mol. The Hall–Kier alpha value is -2.18. The van der Waals surface area contributed by atoms with Crippen molar-refractivity contribution in [2.45, 2.75) is 6.29 Å². The van der Waals surface area contributed by atoms with Crippen molar-refractivity contribution >= 4 is 5.78 Å². The van der Waals surface area contributed by atoms with E-state index in [0.717, 1.165) is 18.2 Å².